The highest BCUT2D eigenvalue weighted by Crippen LogP contribution is 2.22. The number of carbonyl (C=O) groups excluding carboxylic acids is 11. The zero-order chi connectivity index (χ0) is 76.3. The van der Waals surface area contributed by atoms with E-state index in [4.69, 9.17) is 37.1 Å². The lowest BCUT2D eigenvalue weighted by atomic mass is 9.96. The molecule has 0 bridgehead atoms. The summed E-state index contributed by atoms with van der Waals surface area (Å²) in [5, 5.41) is 33.6. The molecule has 35 nitrogen and oxygen atoms in total. The average molecular weight is 1450 g/mol. The number of alkyl carbamates (subject to hydrolysis) is 2. The van der Waals surface area contributed by atoms with Crippen molar-refractivity contribution in [3.63, 3.8) is 0 Å². The second-order valence-electron chi connectivity index (χ2n) is 26.7. The second-order valence-corrected chi connectivity index (χ2v) is 26.7. The van der Waals surface area contributed by atoms with Crippen LogP contribution in [0.2, 0.25) is 0 Å². The quantitative estimate of drug-likeness (QED) is 0.00881. The van der Waals surface area contributed by atoms with Crippen molar-refractivity contribution in [1.29, 1.82) is 0 Å². The Morgan fingerprint density at radius 1 is 0.654 bits per heavy atom. The maximum Gasteiger partial charge on any atom is 0.408 e. The first-order valence-electron chi connectivity index (χ1n) is 34.6. The molecule has 0 spiro atoms. The molecule has 1 fully saturated rings. The Labute approximate surface area is 604 Å². The summed E-state index contributed by atoms with van der Waals surface area (Å²) in [7, 11) is 2.47. The van der Waals surface area contributed by atoms with E-state index in [1.54, 1.807) is 81.4 Å². The van der Waals surface area contributed by atoms with Crippen LogP contribution in [-0.2, 0) is 83.2 Å². The third-order valence-electron chi connectivity index (χ3n) is 16.4. The standard InChI is InChI=1S/C69H104N20O15/c1-42(2)31-50(55(90)35-57(92)88(6)38-56(91)81-52(33-45-36-74-40-79-45)60(95)83-49(64(99)102-7)23-14-15-27-78-67(100)104-69(3,4)5)84-61(96)53(34-46-37-75-41-80-46)85-59(94)51(32-43-19-10-8-11-20-43)86-62(97)54-26-18-30-89(54)63(98)48(25-17-29-77-66(72)73)82-58(93)47(24-16-28-76-65(70)71)87-68(101)103-39-44-21-12-9-13-22-44/h8-13,19-22,36-37,40-42,47-55,90H,14-18,23-35,38-39H2,1-7H3,(H,74,79)(H,75,80)(H,78,100)(H,81,91)(H,82,93)(H,83,95)(H,84,96)(H,85,94)(H,86,97)(H,87,101)(H4,70,71,76)(H4,72,73,77)/t47-,48-,49-,50-,51-,52-,53-,54-,55-/m0/s1. The molecule has 0 unspecified atom stereocenters. The van der Waals surface area contributed by atoms with E-state index >= 15 is 0 Å². The van der Waals surface area contributed by atoms with Crippen LogP contribution in [0.25, 0.3) is 0 Å². The lowest BCUT2D eigenvalue weighted by molar-refractivity contribution is -0.145. The van der Waals surface area contributed by atoms with Gasteiger partial charge in [0.25, 0.3) is 0 Å². The van der Waals surface area contributed by atoms with Crippen LogP contribution in [0.4, 0.5) is 9.59 Å². The number of amides is 10. The molecule has 5 rings (SSSR count). The molecule has 1 saturated heterocycles. The Balaban J connectivity index is 1.30. The van der Waals surface area contributed by atoms with E-state index in [-0.39, 0.29) is 115 Å². The molecule has 10 amide bonds. The number of nitrogens with one attached hydrogen (secondary N) is 10. The number of hydrogen-bond donors (Lipinski definition) is 15. The number of aromatic amines is 2. The van der Waals surface area contributed by atoms with Crippen molar-refractivity contribution in [2.75, 3.05) is 46.9 Å². The molecule has 35 heteroatoms. The molecule has 0 aliphatic carbocycles. The number of guanidine groups is 2. The van der Waals surface area contributed by atoms with E-state index in [0.29, 0.717) is 41.8 Å². The Morgan fingerprint density at radius 3 is 1.74 bits per heavy atom. The SMILES string of the molecule is COC(=O)[C@H](CCCCNC(=O)OC(C)(C)C)NC(=O)[C@H](Cc1cnc[nH]1)NC(=O)CN(C)C(=O)C[C@H](O)[C@H](CC(C)C)NC(=O)[C@H](Cc1cnc[nH]1)NC(=O)[C@H](Cc1ccccc1)NC(=O)[C@@H]1CCCN1C(=O)[C@H](CCCN=C(N)N)NC(=O)[C@H](CCCN=C(N)N)NC(=O)OCc1ccccc1. The van der Waals surface area contributed by atoms with Gasteiger partial charge >= 0.3 is 18.2 Å². The minimum atomic E-state index is -1.56. The maximum atomic E-state index is 14.9. The van der Waals surface area contributed by atoms with Crippen molar-refractivity contribution >= 4 is 77.3 Å². The number of esters is 1. The molecule has 1 aliphatic rings. The first-order chi connectivity index (χ1) is 49.5. The van der Waals surface area contributed by atoms with Gasteiger partial charge in [-0.2, -0.15) is 0 Å². The number of aliphatic hydroxyl groups is 1. The third kappa shape index (κ3) is 30.8. The number of methoxy groups -OCH3 is 1. The number of aromatic nitrogens is 4. The van der Waals surface area contributed by atoms with Crippen LogP contribution in [0.3, 0.4) is 0 Å². The highest BCUT2D eigenvalue weighted by molar-refractivity contribution is 5.97. The zero-order valence-corrected chi connectivity index (χ0v) is 60.2. The van der Waals surface area contributed by atoms with E-state index in [1.165, 1.54) is 37.0 Å². The summed E-state index contributed by atoms with van der Waals surface area (Å²) in [6, 6.07) is 7.53. The van der Waals surface area contributed by atoms with Gasteiger partial charge in [0.15, 0.2) is 11.9 Å². The number of likely N-dealkylation sites (tertiary alicyclic amines) is 1. The number of rotatable bonds is 42. The summed E-state index contributed by atoms with van der Waals surface area (Å²) in [6.07, 6.45) is 3.52. The minimum Gasteiger partial charge on any atom is -0.467 e. The summed E-state index contributed by atoms with van der Waals surface area (Å²) in [5.41, 5.74) is 23.8. The number of hydrogen-bond acceptors (Lipinski definition) is 19. The van der Waals surface area contributed by atoms with Crippen molar-refractivity contribution in [1.82, 2.24) is 72.3 Å². The number of nitrogens with zero attached hydrogens (tertiary/aromatic N) is 6. The van der Waals surface area contributed by atoms with Crippen LogP contribution in [0, 0.1) is 5.92 Å². The van der Waals surface area contributed by atoms with Gasteiger partial charge in [0.2, 0.25) is 47.3 Å². The van der Waals surface area contributed by atoms with E-state index in [9.17, 15) is 57.8 Å². The molecule has 570 valence electrons. The number of unbranched alkanes of at least 4 members (excludes halogenated alkanes) is 1. The fourth-order valence-electron chi connectivity index (χ4n) is 11.2. The molecule has 104 heavy (non-hydrogen) atoms. The van der Waals surface area contributed by atoms with Crippen LogP contribution in [0.15, 0.2) is 95.7 Å². The predicted molar refractivity (Wildman–Crippen MR) is 382 cm³/mol. The van der Waals surface area contributed by atoms with Crippen molar-refractivity contribution in [3.8, 4) is 0 Å². The summed E-state index contributed by atoms with van der Waals surface area (Å²) in [5.74, 6) is -7.31. The van der Waals surface area contributed by atoms with Gasteiger partial charge in [-0.15, -0.1) is 0 Å². The highest BCUT2D eigenvalue weighted by Gasteiger charge is 2.41. The third-order valence-corrected chi connectivity index (χ3v) is 16.4. The van der Waals surface area contributed by atoms with Crippen LogP contribution >= 0.6 is 0 Å². The fraction of sp³-hybridized carbons (Fsp3) is 0.551. The van der Waals surface area contributed by atoms with Crippen LogP contribution in [0.5, 0.6) is 0 Å². The maximum absolute atomic E-state index is 14.9. The topological polar surface area (TPSA) is 525 Å². The molecule has 1 aliphatic heterocycles. The van der Waals surface area contributed by atoms with Crippen molar-refractivity contribution < 1.29 is 72.1 Å². The number of imidazole rings is 2. The predicted octanol–water partition coefficient (Wildman–Crippen LogP) is -0.414. The van der Waals surface area contributed by atoms with Crippen LogP contribution in [0.1, 0.15) is 128 Å². The summed E-state index contributed by atoms with van der Waals surface area (Å²) >= 11 is 0. The second kappa shape index (κ2) is 43.2. The number of ether oxygens (including phenoxy) is 3. The van der Waals surface area contributed by atoms with Crippen molar-refractivity contribution in [2.24, 2.45) is 38.8 Å². The number of nitrogens with two attached hydrogens (primary N) is 4. The number of H-pyrrole nitrogens is 2. The van der Waals surface area contributed by atoms with Gasteiger partial charge in [-0.1, -0.05) is 74.5 Å². The van der Waals surface area contributed by atoms with E-state index in [2.05, 4.69) is 72.5 Å². The Kier molecular flexibility index (Phi) is 34.8. The summed E-state index contributed by atoms with van der Waals surface area (Å²) < 4.78 is 15.6. The van der Waals surface area contributed by atoms with Crippen LogP contribution < -0.4 is 65.5 Å². The molecule has 4 aromatic rings. The lowest BCUT2D eigenvalue weighted by Gasteiger charge is -2.31. The number of benzene rings is 2. The zero-order valence-electron chi connectivity index (χ0n) is 60.2. The molecule has 0 saturated carbocycles. The van der Waals surface area contributed by atoms with Gasteiger partial charge in [0.05, 0.1) is 44.9 Å². The monoisotopic (exact) mass is 1450 g/mol. The van der Waals surface area contributed by atoms with Crippen molar-refractivity contribution in [2.45, 2.75) is 191 Å². The Bertz CT molecular complexity index is 3460. The summed E-state index contributed by atoms with van der Waals surface area (Å²) in [6.45, 7) is 8.62. The summed E-state index contributed by atoms with van der Waals surface area (Å²) in [4.78, 5) is 178. The minimum absolute atomic E-state index is 0.0149. The Morgan fingerprint density at radius 2 is 1.18 bits per heavy atom. The number of aliphatic imine (C=N–C) groups is 2. The number of carbonyl (C=O) groups is 11. The van der Waals surface area contributed by atoms with Gasteiger partial charge in [-0.25, -0.2) is 24.4 Å². The van der Waals surface area contributed by atoms with E-state index in [1.807, 2.05) is 13.8 Å². The molecule has 2 aromatic carbocycles. The first kappa shape index (κ1) is 83.8. The van der Waals surface area contributed by atoms with Gasteiger partial charge in [-0.05, 0) is 102 Å². The molecule has 3 heterocycles. The van der Waals surface area contributed by atoms with Gasteiger partial charge in [-0.3, -0.25) is 48.3 Å². The van der Waals surface area contributed by atoms with Gasteiger partial charge in [0.1, 0.15) is 54.5 Å². The van der Waals surface area contributed by atoms with Gasteiger partial charge in [0, 0.05) is 76.3 Å². The lowest BCUT2D eigenvalue weighted by Crippen LogP contribution is -2.60. The van der Waals surface area contributed by atoms with Crippen LogP contribution in [-0.4, -0.2) is 219 Å². The first-order valence-corrected chi connectivity index (χ1v) is 34.6. The molecule has 2 aromatic heterocycles. The van der Waals surface area contributed by atoms with E-state index in [0.717, 1.165) is 12.0 Å². The van der Waals surface area contributed by atoms with E-state index < -0.39 is 138 Å². The Hall–Kier alpha value is -10.9. The fourth-order valence-corrected chi connectivity index (χ4v) is 11.2. The average Bonchev–Trinajstić information content (AvgIpc) is 1.60. The molecular formula is C69H104N20O15. The highest BCUT2D eigenvalue weighted by atomic mass is 16.6. The number of likely N-dealkylation sites (N-methyl/N-ethyl adjacent to an activating group) is 1. The molecular weight excluding hydrogens is 1350 g/mol. The molecule has 19 N–H and O–H groups in total. The molecule has 0 radical (unpaired) electrons. The van der Waals surface area contributed by atoms with Gasteiger partial charge < -0.3 is 105 Å². The smallest absolute Gasteiger partial charge is 0.408 e. The normalized spacial score (nSPS) is 14.9. The van der Waals surface area contributed by atoms with Crippen molar-refractivity contribution in [3.05, 3.63) is 108 Å². The largest absolute Gasteiger partial charge is 0.467 e. The number of aliphatic hydroxyl groups excluding tert-OH is 1. The molecule has 9 atom stereocenters.